The molecule has 0 amide bonds. The molecular formula is C61H94O18. The SMILES string of the molecule is CC/C1=C/[C@H](CO)C[C@@H](C)[C@H](O[C@H]2C[C@H](O)[C@H](O[C@@H]3O[C@@H](C)[C@H](O[C@H]4C[C@H](O)[C@H](O)[C@@H](C)O4)[C@@H](OC)[C@H]3O)[C@@H](C)O2)[C@H](C)CCC[C@]2(C)C=C(C)[C@H](C)C[C@]23OC(=O)/C(=C(/O)[C@@]2(CC)[C@H]4[C@H](C=C(C)[C@@H]12)[C@@H](O)CC(=O)[C@@H]4C)C3=O. The number of ether oxygens (including phenoxy) is 8. The minimum Gasteiger partial charge on any atom is -0.511 e. The predicted molar refractivity (Wildman–Crippen MR) is 288 cm³/mol. The van der Waals surface area contributed by atoms with Crippen molar-refractivity contribution in [1.82, 2.24) is 0 Å². The number of Topliss-reactive ketones (excluding diaryl/α,β-unsaturated/α-hetero) is 2. The molecule has 8 aliphatic rings. The number of allylic oxidation sites excluding steroid dienone is 4. The maximum absolute atomic E-state index is 15.7. The first kappa shape index (κ1) is 62.1. The highest BCUT2D eigenvalue weighted by molar-refractivity contribution is 6.26. The van der Waals surface area contributed by atoms with Crippen LogP contribution in [0.5, 0.6) is 0 Å². The minimum absolute atomic E-state index is 0.00262. The number of esters is 1. The fourth-order valence-corrected chi connectivity index (χ4v) is 16.0. The van der Waals surface area contributed by atoms with Gasteiger partial charge in [-0.25, -0.2) is 4.79 Å². The van der Waals surface area contributed by atoms with E-state index >= 15 is 4.79 Å². The summed E-state index contributed by atoms with van der Waals surface area (Å²) in [6.45, 7) is 22.8. The highest BCUT2D eigenvalue weighted by Gasteiger charge is 2.67. The lowest BCUT2D eigenvalue weighted by atomic mass is 9.47. The van der Waals surface area contributed by atoms with Crippen LogP contribution in [0.25, 0.3) is 0 Å². The van der Waals surface area contributed by atoms with Crippen LogP contribution in [-0.4, -0.2) is 165 Å². The van der Waals surface area contributed by atoms with Crippen LogP contribution < -0.4 is 0 Å². The molecule has 4 saturated heterocycles. The summed E-state index contributed by atoms with van der Waals surface area (Å²) in [5.74, 6) is -5.41. The van der Waals surface area contributed by atoms with Crippen molar-refractivity contribution in [3.63, 3.8) is 0 Å². The predicted octanol–water partition coefficient (Wildman–Crippen LogP) is 6.25. The van der Waals surface area contributed by atoms with Crippen LogP contribution in [0.4, 0.5) is 0 Å². The van der Waals surface area contributed by atoms with Crippen LogP contribution in [0.2, 0.25) is 0 Å². The molecule has 1 spiro atoms. The quantitative estimate of drug-likeness (QED) is 0.0724. The van der Waals surface area contributed by atoms with Gasteiger partial charge < -0.3 is 73.6 Å². The van der Waals surface area contributed by atoms with Crippen LogP contribution >= 0.6 is 0 Å². The van der Waals surface area contributed by atoms with Crippen molar-refractivity contribution < 1.29 is 88.0 Å². The topological polar surface area (TPSA) is 267 Å². The normalized spacial score (nSPS) is 50.0. The van der Waals surface area contributed by atoms with Gasteiger partial charge in [0.2, 0.25) is 5.78 Å². The average molecular weight is 1120 g/mol. The molecule has 0 aromatic rings. The molecule has 79 heavy (non-hydrogen) atoms. The van der Waals surface area contributed by atoms with Crippen molar-refractivity contribution in [1.29, 1.82) is 0 Å². The molecule has 446 valence electrons. The van der Waals surface area contributed by atoms with Crippen LogP contribution in [-0.2, 0) is 52.3 Å². The summed E-state index contributed by atoms with van der Waals surface area (Å²) in [5.41, 5.74) is -1.65. The van der Waals surface area contributed by atoms with Gasteiger partial charge >= 0.3 is 5.97 Å². The standard InChI is InChI=1S/C61H94O18/c1-14-38-21-37(27-62)19-30(5)51(76-45-24-43(66)52(35(10)74-45)78-58-50(68)54(72-13)53(36(11)75-58)77-44-23-42(65)49(67)34(9)73-44)28(3)17-16-18-59(12)25-31(6)32(7)26-61(59)56(70)46(57(71)79-61)55(69)60(15-2)47(38)29(4)20-39-41(64)22-40(63)33(8)48(39)60/h20-21,25,28,30,32-37,39,41-45,47-54,58,62,64-69H,14-19,22-24,26-27H2,1-13H3/b38-21-,55-46+/t28-,30-,32-,33+,34-,35-,36+,37-,39-,41+,42+,43+,44+,45+,47+,48-,49-,50-,51-,52-,53+,54+,58+,59-,60-,61-/m1/s1. The molecule has 2 bridgehead atoms. The lowest BCUT2D eigenvalue weighted by molar-refractivity contribution is -0.360. The monoisotopic (exact) mass is 1110 g/mol. The van der Waals surface area contributed by atoms with Gasteiger partial charge in [-0.05, 0) is 90.4 Å². The molecule has 0 aromatic heterocycles. The van der Waals surface area contributed by atoms with Crippen molar-refractivity contribution in [3.8, 4) is 0 Å². The Labute approximate surface area is 467 Å². The van der Waals surface area contributed by atoms with E-state index in [0.29, 0.717) is 32.1 Å². The highest BCUT2D eigenvalue weighted by Crippen LogP contribution is 2.64. The van der Waals surface area contributed by atoms with Gasteiger partial charge in [-0.2, -0.15) is 0 Å². The maximum Gasteiger partial charge on any atom is 0.346 e. The van der Waals surface area contributed by atoms with Crippen molar-refractivity contribution in [2.75, 3.05) is 13.7 Å². The second-order valence-corrected chi connectivity index (χ2v) is 25.5. The third-order valence-corrected chi connectivity index (χ3v) is 20.4. The Morgan fingerprint density at radius 2 is 1.38 bits per heavy atom. The Balaban J connectivity index is 1.10. The van der Waals surface area contributed by atoms with E-state index in [9.17, 15) is 45.3 Å². The molecule has 18 heteroatoms. The highest BCUT2D eigenvalue weighted by atomic mass is 16.8. The average Bonchev–Trinajstić information content (AvgIpc) is 3.87. The molecule has 1 saturated carbocycles. The Morgan fingerprint density at radius 1 is 0.734 bits per heavy atom. The zero-order chi connectivity index (χ0) is 58.0. The number of fused-ring (bicyclic) bond motifs is 4. The summed E-state index contributed by atoms with van der Waals surface area (Å²) >= 11 is 0. The lowest BCUT2D eigenvalue weighted by Gasteiger charge is -2.56. The number of methoxy groups -OCH3 is 1. The second kappa shape index (κ2) is 24.3. The van der Waals surface area contributed by atoms with E-state index < -0.39 is 150 Å². The molecule has 4 aliphatic carbocycles. The second-order valence-electron chi connectivity index (χ2n) is 25.5. The fourth-order valence-electron chi connectivity index (χ4n) is 16.0. The largest absolute Gasteiger partial charge is 0.511 e. The summed E-state index contributed by atoms with van der Waals surface area (Å²) in [4.78, 5) is 44.3. The van der Waals surface area contributed by atoms with Gasteiger partial charge in [0.05, 0.1) is 42.7 Å². The minimum atomic E-state index is -1.63. The van der Waals surface area contributed by atoms with Crippen molar-refractivity contribution in [2.45, 2.75) is 245 Å². The summed E-state index contributed by atoms with van der Waals surface area (Å²) in [6.07, 6.45) is -4.99. The third kappa shape index (κ3) is 11.2. The van der Waals surface area contributed by atoms with Gasteiger partial charge in [-0.15, -0.1) is 0 Å². The van der Waals surface area contributed by atoms with E-state index in [1.165, 1.54) is 7.11 Å². The van der Waals surface area contributed by atoms with Gasteiger partial charge in [-0.1, -0.05) is 89.8 Å². The van der Waals surface area contributed by atoms with E-state index in [1.807, 2.05) is 54.5 Å². The number of hydrogen-bond acceptors (Lipinski definition) is 18. The fraction of sp³-hybridized carbons (Fsp3) is 0.820. The summed E-state index contributed by atoms with van der Waals surface area (Å²) in [6, 6.07) is 0. The van der Waals surface area contributed by atoms with Crippen LogP contribution in [0, 0.1) is 58.2 Å². The molecule has 5 fully saturated rings. The summed E-state index contributed by atoms with van der Waals surface area (Å²) in [5, 5.41) is 80.4. The molecule has 8 rings (SSSR count). The van der Waals surface area contributed by atoms with E-state index in [4.69, 9.17) is 37.9 Å². The van der Waals surface area contributed by atoms with Gasteiger partial charge in [0, 0.05) is 73.9 Å². The first-order chi connectivity index (χ1) is 37.2. The number of carbonyl (C=O) groups is 3. The molecule has 0 aromatic carbocycles. The number of carbonyl (C=O) groups excluding carboxylic acids is 3. The van der Waals surface area contributed by atoms with Crippen molar-refractivity contribution >= 4 is 17.5 Å². The Kier molecular flexibility index (Phi) is 19.1. The van der Waals surface area contributed by atoms with Crippen LogP contribution in [0.15, 0.2) is 46.3 Å². The van der Waals surface area contributed by atoms with E-state index in [1.54, 1.807) is 20.8 Å². The molecule has 4 aliphatic heterocycles. The number of hydrogen-bond donors (Lipinski definition) is 7. The Bertz CT molecular complexity index is 2320. The van der Waals surface area contributed by atoms with Crippen LogP contribution in [0.1, 0.15) is 147 Å². The molecule has 0 unspecified atom stereocenters. The van der Waals surface area contributed by atoms with Crippen LogP contribution in [0.3, 0.4) is 0 Å². The summed E-state index contributed by atoms with van der Waals surface area (Å²) < 4.78 is 50.3. The summed E-state index contributed by atoms with van der Waals surface area (Å²) in [7, 11) is 1.42. The molecule has 4 heterocycles. The molecule has 7 N–H and O–H groups in total. The van der Waals surface area contributed by atoms with Crippen molar-refractivity contribution in [3.05, 3.63) is 46.3 Å². The van der Waals surface area contributed by atoms with Gasteiger partial charge in [0.25, 0.3) is 0 Å². The third-order valence-electron chi connectivity index (χ3n) is 20.4. The Morgan fingerprint density at radius 3 is 2.00 bits per heavy atom. The number of aliphatic hydroxyl groups excluding tert-OH is 7. The van der Waals surface area contributed by atoms with E-state index in [0.717, 1.165) is 16.7 Å². The van der Waals surface area contributed by atoms with Crippen molar-refractivity contribution in [2.24, 2.45) is 58.2 Å². The zero-order valence-electron chi connectivity index (χ0n) is 48.9. The first-order valence-electron chi connectivity index (χ1n) is 29.5. The number of rotatable bonds is 10. The zero-order valence-corrected chi connectivity index (χ0v) is 48.9. The lowest BCUT2D eigenvalue weighted by Crippen LogP contribution is -2.62. The molecular weight excluding hydrogens is 1020 g/mol. The van der Waals surface area contributed by atoms with Gasteiger partial charge in [0.15, 0.2) is 24.5 Å². The maximum atomic E-state index is 15.7. The first-order valence-corrected chi connectivity index (χ1v) is 29.5. The van der Waals surface area contributed by atoms with E-state index in [2.05, 4.69) is 26.0 Å². The number of aliphatic hydroxyl groups is 7. The molecule has 0 radical (unpaired) electrons. The van der Waals surface area contributed by atoms with Gasteiger partial charge in [-0.3, -0.25) is 9.59 Å². The molecule has 18 nitrogen and oxygen atoms in total. The smallest absolute Gasteiger partial charge is 0.346 e. The number of ketones is 2. The Hall–Kier alpha value is -2.95. The van der Waals surface area contributed by atoms with Gasteiger partial charge in [0.1, 0.15) is 47.6 Å². The molecule has 26 atom stereocenters. The van der Waals surface area contributed by atoms with E-state index in [-0.39, 0.29) is 73.6 Å².